The minimum absolute atomic E-state index is 0.0881. The van der Waals surface area contributed by atoms with Crippen LogP contribution in [0.25, 0.3) is 0 Å². The van der Waals surface area contributed by atoms with E-state index in [0.29, 0.717) is 32.7 Å². The Balaban J connectivity index is 1.39. The number of hydrogen-bond donors (Lipinski definition) is 0. The second kappa shape index (κ2) is 11.1. The monoisotopic (exact) mass is 448 g/mol. The zero-order valence-electron chi connectivity index (χ0n) is 19.4. The molecule has 1 saturated heterocycles. The first-order valence-corrected chi connectivity index (χ1v) is 11.6. The first-order chi connectivity index (χ1) is 16.1. The molecule has 1 amide bonds. The Kier molecular flexibility index (Phi) is 7.73. The van der Waals surface area contributed by atoms with Gasteiger partial charge in [0.25, 0.3) is 0 Å². The number of aromatic nitrogens is 3. The molecule has 3 heterocycles. The zero-order valence-corrected chi connectivity index (χ0v) is 19.4. The van der Waals surface area contributed by atoms with Gasteiger partial charge in [0.05, 0.1) is 11.8 Å². The molecule has 1 fully saturated rings. The number of pyridine rings is 1. The van der Waals surface area contributed by atoms with Gasteiger partial charge in [-0.2, -0.15) is 5.10 Å². The second-order valence-electron chi connectivity index (χ2n) is 8.60. The number of hydrogen-bond acceptors (Lipinski definition) is 5. The third kappa shape index (κ3) is 6.65. The van der Waals surface area contributed by atoms with Crippen molar-refractivity contribution in [3.05, 3.63) is 77.4 Å². The van der Waals surface area contributed by atoms with Crippen molar-refractivity contribution in [3.8, 4) is 5.75 Å². The van der Waals surface area contributed by atoms with Crippen LogP contribution in [0.5, 0.6) is 5.75 Å². The topological polar surface area (TPSA) is 69.5 Å². The lowest BCUT2D eigenvalue weighted by atomic mass is 10.1. The van der Waals surface area contributed by atoms with Gasteiger partial charge in [0.2, 0.25) is 5.91 Å². The van der Waals surface area contributed by atoms with Crippen LogP contribution in [0.2, 0.25) is 0 Å². The molecule has 2 aromatic heterocycles. The summed E-state index contributed by atoms with van der Waals surface area (Å²) in [5.74, 6) is 0.911. The molecule has 0 spiro atoms. The van der Waals surface area contributed by atoms with E-state index in [2.05, 4.69) is 10.1 Å². The number of carbonyl (C=O) groups excluding carboxylic acids is 1. The van der Waals surface area contributed by atoms with E-state index in [1.807, 2.05) is 72.1 Å². The molecular formula is C26H32N4O3. The smallest absolute Gasteiger partial charge is 0.225 e. The molecule has 4 rings (SSSR count). The van der Waals surface area contributed by atoms with E-state index in [1.54, 1.807) is 6.20 Å². The Morgan fingerprint density at radius 3 is 2.67 bits per heavy atom. The molecule has 7 heteroatoms. The fourth-order valence-electron chi connectivity index (χ4n) is 4.08. The van der Waals surface area contributed by atoms with Crippen molar-refractivity contribution in [1.29, 1.82) is 0 Å². The summed E-state index contributed by atoms with van der Waals surface area (Å²) < 4.78 is 13.4. The molecule has 33 heavy (non-hydrogen) atoms. The van der Waals surface area contributed by atoms with Gasteiger partial charge in [-0.3, -0.25) is 14.5 Å². The molecule has 174 valence electrons. The van der Waals surface area contributed by atoms with Gasteiger partial charge in [-0.15, -0.1) is 0 Å². The van der Waals surface area contributed by atoms with Crippen molar-refractivity contribution in [3.63, 3.8) is 0 Å². The van der Waals surface area contributed by atoms with Gasteiger partial charge in [-0.05, 0) is 62.1 Å². The predicted octanol–water partition coefficient (Wildman–Crippen LogP) is 4.07. The fourth-order valence-corrected chi connectivity index (χ4v) is 4.08. The number of rotatable bonds is 10. The van der Waals surface area contributed by atoms with E-state index in [9.17, 15) is 4.79 Å². The summed E-state index contributed by atoms with van der Waals surface area (Å²) in [6.07, 6.45) is 6.30. The molecule has 0 aliphatic carbocycles. The highest BCUT2D eigenvalue weighted by molar-refractivity contribution is 5.76. The summed E-state index contributed by atoms with van der Waals surface area (Å²) in [5, 5.41) is 4.48. The van der Waals surface area contributed by atoms with Crippen LogP contribution in [0, 0.1) is 13.8 Å². The molecule has 0 bridgehead atoms. The summed E-state index contributed by atoms with van der Waals surface area (Å²) in [5.41, 5.74) is 4.10. The van der Waals surface area contributed by atoms with Crippen LogP contribution in [0.4, 0.5) is 0 Å². The highest BCUT2D eigenvalue weighted by Gasteiger charge is 2.17. The summed E-state index contributed by atoms with van der Waals surface area (Å²) in [6, 6.07) is 13.9. The summed E-state index contributed by atoms with van der Waals surface area (Å²) in [4.78, 5) is 19.3. The molecule has 0 radical (unpaired) electrons. The van der Waals surface area contributed by atoms with E-state index >= 15 is 0 Å². The molecular weight excluding hydrogens is 416 g/mol. The standard InChI is InChI=1S/C26H32N4O3/c1-20-15-21(2)30(28-20)13-11-26(31)29(18-23-5-3-12-27-16-23)17-22-7-9-24(10-8-22)33-19-25-6-4-14-32-25/h3,5,7-10,12,15-16,25H,4,6,11,13-14,17-19H2,1-2H3. The summed E-state index contributed by atoms with van der Waals surface area (Å²) >= 11 is 0. The van der Waals surface area contributed by atoms with Crippen LogP contribution >= 0.6 is 0 Å². The van der Waals surface area contributed by atoms with Crippen molar-refractivity contribution >= 4 is 5.91 Å². The number of carbonyl (C=O) groups is 1. The molecule has 1 atom stereocenters. The number of benzene rings is 1. The Morgan fingerprint density at radius 2 is 2.00 bits per heavy atom. The van der Waals surface area contributed by atoms with Crippen LogP contribution < -0.4 is 4.74 Å². The normalized spacial score (nSPS) is 15.5. The molecule has 1 unspecified atom stereocenters. The molecule has 1 aliphatic heterocycles. The van der Waals surface area contributed by atoms with Crippen molar-refractivity contribution in [2.45, 2.75) is 58.8 Å². The highest BCUT2D eigenvalue weighted by atomic mass is 16.5. The van der Waals surface area contributed by atoms with Crippen molar-refractivity contribution in [2.24, 2.45) is 0 Å². The maximum absolute atomic E-state index is 13.2. The van der Waals surface area contributed by atoms with E-state index in [-0.39, 0.29) is 12.0 Å². The van der Waals surface area contributed by atoms with Crippen LogP contribution in [0.15, 0.2) is 54.9 Å². The average Bonchev–Trinajstić information content (AvgIpc) is 3.46. The van der Waals surface area contributed by atoms with Crippen LogP contribution in [-0.4, -0.2) is 44.9 Å². The number of amides is 1. The fraction of sp³-hybridized carbons (Fsp3) is 0.423. The highest BCUT2D eigenvalue weighted by Crippen LogP contribution is 2.18. The maximum Gasteiger partial charge on any atom is 0.225 e. The van der Waals surface area contributed by atoms with Crippen molar-refractivity contribution < 1.29 is 14.3 Å². The van der Waals surface area contributed by atoms with Gasteiger partial charge in [-0.1, -0.05) is 18.2 Å². The van der Waals surface area contributed by atoms with Gasteiger partial charge in [0.15, 0.2) is 0 Å². The lowest BCUT2D eigenvalue weighted by molar-refractivity contribution is -0.132. The minimum atomic E-state index is 0.0881. The number of ether oxygens (including phenoxy) is 2. The SMILES string of the molecule is Cc1cc(C)n(CCC(=O)N(Cc2ccc(OCC3CCCO3)cc2)Cc2cccnc2)n1. The quantitative estimate of drug-likeness (QED) is 0.468. The van der Waals surface area contributed by atoms with Gasteiger partial charge < -0.3 is 14.4 Å². The molecule has 1 aliphatic rings. The van der Waals surface area contributed by atoms with Gasteiger partial charge in [0, 0.05) is 50.7 Å². The van der Waals surface area contributed by atoms with E-state index in [1.165, 1.54) is 0 Å². The number of aryl methyl sites for hydroxylation is 3. The van der Waals surface area contributed by atoms with Crippen molar-refractivity contribution in [2.75, 3.05) is 13.2 Å². The third-order valence-corrected chi connectivity index (χ3v) is 5.85. The first-order valence-electron chi connectivity index (χ1n) is 11.6. The minimum Gasteiger partial charge on any atom is -0.491 e. The molecule has 0 N–H and O–H groups in total. The Hall–Kier alpha value is -3.19. The summed E-state index contributed by atoms with van der Waals surface area (Å²) in [7, 11) is 0. The second-order valence-corrected chi connectivity index (χ2v) is 8.60. The van der Waals surface area contributed by atoms with Crippen molar-refractivity contribution in [1.82, 2.24) is 19.7 Å². The predicted molar refractivity (Wildman–Crippen MR) is 126 cm³/mol. The molecule has 7 nitrogen and oxygen atoms in total. The average molecular weight is 449 g/mol. The van der Waals surface area contributed by atoms with E-state index in [0.717, 1.165) is 47.7 Å². The lowest BCUT2D eigenvalue weighted by Gasteiger charge is -2.23. The van der Waals surface area contributed by atoms with Gasteiger partial charge in [-0.25, -0.2) is 0 Å². The molecule has 1 aromatic carbocycles. The van der Waals surface area contributed by atoms with Crippen LogP contribution in [0.1, 0.15) is 41.8 Å². The van der Waals surface area contributed by atoms with Gasteiger partial charge >= 0.3 is 0 Å². The van der Waals surface area contributed by atoms with Gasteiger partial charge in [0.1, 0.15) is 12.4 Å². The lowest BCUT2D eigenvalue weighted by Crippen LogP contribution is -2.31. The zero-order chi connectivity index (χ0) is 23.0. The third-order valence-electron chi connectivity index (χ3n) is 5.85. The molecule has 3 aromatic rings. The number of nitrogens with zero attached hydrogens (tertiary/aromatic N) is 4. The summed E-state index contributed by atoms with van der Waals surface area (Å²) in [6.45, 7) is 7.00. The largest absolute Gasteiger partial charge is 0.491 e. The van der Waals surface area contributed by atoms with E-state index < -0.39 is 0 Å². The molecule has 0 saturated carbocycles. The Labute approximate surface area is 195 Å². The van der Waals surface area contributed by atoms with Crippen LogP contribution in [-0.2, 0) is 29.2 Å². The Bertz CT molecular complexity index is 1030. The van der Waals surface area contributed by atoms with Crippen LogP contribution in [0.3, 0.4) is 0 Å². The first kappa shape index (κ1) is 23.0. The Morgan fingerprint density at radius 1 is 1.18 bits per heavy atom. The van der Waals surface area contributed by atoms with E-state index in [4.69, 9.17) is 9.47 Å². The maximum atomic E-state index is 13.2.